The van der Waals surface area contributed by atoms with E-state index in [1.165, 1.54) is 6.33 Å². The van der Waals surface area contributed by atoms with Gasteiger partial charge in [-0.3, -0.25) is 10.1 Å². The van der Waals surface area contributed by atoms with E-state index >= 15 is 0 Å². The van der Waals surface area contributed by atoms with Crippen molar-refractivity contribution in [2.75, 3.05) is 17.2 Å². The Bertz CT molecular complexity index is 453. The molecule has 0 saturated heterocycles. The lowest BCUT2D eigenvalue weighted by Gasteiger charge is -2.21. The number of nitrogens with one attached hydrogen (secondary N) is 2. The second kappa shape index (κ2) is 5.44. The molecule has 18 heavy (non-hydrogen) atoms. The van der Waals surface area contributed by atoms with Gasteiger partial charge in [0.2, 0.25) is 11.6 Å². The van der Waals surface area contributed by atoms with Crippen LogP contribution < -0.4 is 10.6 Å². The van der Waals surface area contributed by atoms with Gasteiger partial charge in [-0.15, -0.1) is 6.58 Å². The third-order valence-corrected chi connectivity index (χ3v) is 1.91. The van der Waals surface area contributed by atoms with Crippen LogP contribution in [0.25, 0.3) is 0 Å². The average molecular weight is 251 g/mol. The molecule has 0 atom stereocenters. The predicted octanol–water partition coefficient (Wildman–Crippen LogP) is 2.19. The molecule has 0 aliphatic heterocycles. The molecular weight excluding hydrogens is 234 g/mol. The lowest BCUT2D eigenvalue weighted by molar-refractivity contribution is -0.383. The van der Waals surface area contributed by atoms with Gasteiger partial charge in [0.15, 0.2) is 0 Å². The van der Waals surface area contributed by atoms with E-state index in [-0.39, 0.29) is 22.9 Å². The van der Waals surface area contributed by atoms with Crippen LogP contribution in [-0.4, -0.2) is 27.0 Å². The average Bonchev–Trinajstić information content (AvgIpc) is 2.23. The van der Waals surface area contributed by atoms with Gasteiger partial charge in [-0.05, 0) is 20.8 Å². The van der Waals surface area contributed by atoms with Crippen LogP contribution >= 0.6 is 0 Å². The van der Waals surface area contributed by atoms with Crippen molar-refractivity contribution in [1.29, 1.82) is 0 Å². The van der Waals surface area contributed by atoms with Crippen molar-refractivity contribution in [2.45, 2.75) is 26.3 Å². The van der Waals surface area contributed by atoms with Crippen LogP contribution in [0.2, 0.25) is 0 Å². The maximum Gasteiger partial charge on any atom is 0.353 e. The van der Waals surface area contributed by atoms with Crippen molar-refractivity contribution in [2.24, 2.45) is 0 Å². The van der Waals surface area contributed by atoms with Crippen LogP contribution in [0.15, 0.2) is 19.0 Å². The maximum absolute atomic E-state index is 11.1. The van der Waals surface area contributed by atoms with Crippen molar-refractivity contribution >= 4 is 17.3 Å². The molecular formula is C11H17N5O2. The molecule has 0 aliphatic carbocycles. The summed E-state index contributed by atoms with van der Waals surface area (Å²) in [7, 11) is 0. The quantitative estimate of drug-likeness (QED) is 0.473. The molecule has 0 saturated carbocycles. The Morgan fingerprint density at radius 1 is 1.44 bits per heavy atom. The van der Waals surface area contributed by atoms with Gasteiger partial charge in [0.25, 0.3) is 0 Å². The highest BCUT2D eigenvalue weighted by Crippen LogP contribution is 2.30. The molecule has 7 nitrogen and oxygen atoms in total. The van der Waals surface area contributed by atoms with Crippen molar-refractivity contribution in [3.63, 3.8) is 0 Å². The van der Waals surface area contributed by atoms with Gasteiger partial charge in [0.05, 0.1) is 4.92 Å². The lowest BCUT2D eigenvalue weighted by atomic mass is 10.1. The van der Waals surface area contributed by atoms with Crippen LogP contribution in [0, 0.1) is 10.1 Å². The van der Waals surface area contributed by atoms with Gasteiger partial charge >= 0.3 is 5.69 Å². The van der Waals surface area contributed by atoms with Crippen molar-refractivity contribution < 1.29 is 4.92 Å². The van der Waals surface area contributed by atoms with E-state index in [0.29, 0.717) is 6.54 Å². The molecule has 2 N–H and O–H groups in total. The maximum atomic E-state index is 11.1. The van der Waals surface area contributed by atoms with E-state index in [1.807, 2.05) is 20.8 Å². The first-order valence-corrected chi connectivity index (χ1v) is 5.47. The lowest BCUT2D eigenvalue weighted by Crippen LogP contribution is -2.27. The highest BCUT2D eigenvalue weighted by molar-refractivity contribution is 5.69. The standard InChI is InChI=1S/C11H17N5O2/c1-5-6-12-9-8(16(17)18)10(14-7-13-9)15-11(2,3)4/h5,7H,1,6H2,2-4H3,(H2,12,13,14,15). The summed E-state index contributed by atoms with van der Waals surface area (Å²) in [6, 6.07) is 0. The van der Waals surface area contributed by atoms with E-state index in [1.54, 1.807) is 6.08 Å². The number of anilines is 2. The molecule has 0 bridgehead atoms. The van der Waals surface area contributed by atoms with Gasteiger partial charge in [-0.2, -0.15) is 0 Å². The molecule has 0 aromatic carbocycles. The minimum atomic E-state index is -0.501. The third kappa shape index (κ3) is 3.69. The summed E-state index contributed by atoms with van der Waals surface area (Å²) >= 11 is 0. The van der Waals surface area contributed by atoms with Gasteiger partial charge in [-0.25, -0.2) is 9.97 Å². The molecule has 0 unspecified atom stereocenters. The first-order valence-electron chi connectivity index (χ1n) is 5.47. The minimum Gasteiger partial charge on any atom is -0.361 e. The van der Waals surface area contributed by atoms with Gasteiger partial charge in [0.1, 0.15) is 6.33 Å². The molecule has 7 heteroatoms. The Kier molecular flexibility index (Phi) is 4.19. The molecule has 1 rings (SSSR count). The van der Waals surface area contributed by atoms with E-state index in [2.05, 4.69) is 27.2 Å². The second-order valence-electron chi connectivity index (χ2n) is 4.72. The van der Waals surface area contributed by atoms with Crippen LogP contribution in [0.4, 0.5) is 17.3 Å². The smallest absolute Gasteiger partial charge is 0.353 e. The molecule has 0 amide bonds. The van der Waals surface area contributed by atoms with Crippen molar-refractivity contribution in [3.8, 4) is 0 Å². The Morgan fingerprint density at radius 3 is 2.56 bits per heavy atom. The zero-order valence-corrected chi connectivity index (χ0v) is 10.7. The highest BCUT2D eigenvalue weighted by atomic mass is 16.6. The SMILES string of the molecule is C=CCNc1ncnc(NC(C)(C)C)c1[N+](=O)[O-]. The molecule has 0 fully saturated rings. The number of hydrogen-bond donors (Lipinski definition) is 2. The first kappa shape index (κ1) is 13.9. The topological polar surface area (TPSA) is 93.0 Å². The van der Waals surface area contributed by atoms with Gasteiger partial charge in [0, 0.05) is 12.1 Å². The van der Waals surface area contributed by atoms with Gasteiger partial charge < -0.3 is 10.6 Å². The fourth-order valence-corrected chi connectivity index (χ4v) is 1.30. The normalized spacial score (nSPS) is 10.8. The zero-order chi connectivity index (χ0) is 13.8. The van der Waals surface area contributed by atoms with Crippen LogP contribution in [-0.2, 0) is 0 Å². The minimum absolute atomic E-state index is 0.158. The Morgan fingerprint density at radius 2 is 2.06 bits per heavy atom. The number of rotatable bonds is 5. The fraction of sp³-hybridized carbons (Fsp3) is 0.455. The number of nitro groups is 1. The predicted molar refractivity (Wildman–Crippen MR) is 70.7 cm³/mol. The Balaban J connectivity index is 3.17. The van der Waals surface area contributed by atoms with E-state index < -0.39 is 4.92 Å². The molecule has 0 spiro atoms. The van der Waals surface area contributed by atoms with Crippen LogP contribution in [0.5, 0.6) is 0 Å². The summed E-state index contributed by atoms with van der Waals surface area (Å²) in [5.41, 5.74) is -0.483. The van der Waals surface area contributed by atoms with Crippen LogP contribution in [0.3, 0.4) is 0 Å². The summed E-state index contributed by atoms with van der Waals surface area (Å²) in [6.07, 6.45) is 2.88. The monoisotopic (exact) mass is 251 g/mol. The molecule has 0 radical (unpaired) electrons. The molecule has 0 aliphatic rings. The van der Waals surface area contributed by atoms with Gasteiger partial charge in [-0.1, -0.05) is 6.08 Å². The van der Waals surface area contributed by atoms with Crippen molar-refractivity contribution in [1.82, 2.24) is 9.97 Å². The molecule has 1 aromatic rings. The number of hydrogen-bond acceptors (Lipinski definition) is 6. The van der Waals surface area contributed by atoms with E-state index in [4.69, 9.17) is 0 Å². The Labute approximate surface area is 105 Å². The summed E-state index contributed by atoms with van der Waals surface area (Å²) in [5, 5.41) is 16.9. The molecule has 98 valence electrons. The highest BCUT2D eigenvalue weighted by Gasteiger charge is 2.25. The molecule has 1 heterocycles. The number of aromatic nitrogens is 2. The summed E-state index contributed by atoms with van der Waals surface area (Å²) in [5.74, 6) is 0.385. The fourth-order valence-electron chi connectivity index (χ4n) is 1.30. The van der Waals surface area contributed by atoms with E-state index in [0.717, 1.165) is 0 Å². The summed E-state index contributed by atoms with van der Waals surface area (Å²) < 4.78 is 0. The zero-order valence-electron chi connectivity index (χ0n) is 10.7. The summed E-state index contributed by atoms with van der Waals surface area (Å²) in [6.45, 7) is 9.63. The molecule has 1 aromatic heterocycles. The second-order valence-corrected chi connectivity index (χ2v) is 4.72. The van der Waals surface area contributed by atoms with E-state index in [9.17, 15) is 10.1 Å². The first-order chi connectivity index (χ1) is 8.35. The van der Waals surface area contributed by atoms with Crippen molar-refractivity contribution in [3.05, 3.63) is 29.1 Å². The largest absolute Gasteiger partial charge is 0.361 e. The van der Waals surface area contributed by atoms with Crippen LogP contribution in [0.1, 0.15) is 20.8 Å². The third-order valence-electron chi connectivity index (χ3n) is 1.91. The number of nitrogens with zero attached hydrogens (tertiary/aromatic N) is 3. The summed E-state index contributed by atoms with van der Waals surface area (Å²) in [4.78, 5) is 18.4. The Hall–Kier alpha value is -2.18.